The summed E-state index contributed by atoms with van der Waals surface area (Å²) in [6.45, 7) is 0. The molecule has 0 aliphatic rings. The van der Waals surface area contributed by atoms with Crippen LogP contribution in [-0.2, 0) is 10.4 Å². The fourth-order valence-electron chi connectivity index (χ4n) is 2.36. The molecule has 2 N–H and O–H groups in total. The van der Waals surface area contributed by atoms with Gasteiger partial charge in [-0.15, -0.1) is 0 Å². The molecule has 12 heteroatoms. The monoisotopic (exact) mass is 405 g/mol. The van der Waals surface area contributed by atoms with Crippen molar-refractivity contribution in [2.45, 2.75) is 24.1 Å². The molecule has 0 saturated carbocycles. The topological polar surface area (TPSA) is 49.3 Å². The molecule has 0 spiro atoms. The lowest BCUT2D eigenvalue weighted by Crippen LogP contribution is -2.54. The van der Waals surface area contributed by atoms with Gasteiger partial charge in [0.2, 0.25) is 0 Å². The molecule has 0 aliphatic heterocycles. The third-order valence-electron chi connectivity index (χ3n) is 3.64. The molecular formula is C15H8F9NO2. The van der Waals surface area contributed by atoms with Crippen LogP contribution in [0.4, 0.5) is 45.2 Å². The van der Waals surface area contributed by atoms with Crippen molar-refractivity contribution in [3.05, 3.63) is 42.0 Å². The molecule has 0 saturated heterocycles. The standard InChI is InChI=1S/C15H8F9NO2/c16-13(17,18)11(26)25-10-8-4-2-1-3-7(8)5-6-9(10)12(27,14(19,20)21)15(22,23)24/h1-6,27H,(H,25,26). The Labute approximate surface area is 144 Å². The highest BCUT2D eigenvalue weighted by atomic mass is 19.4. The number of aliphatic hydroxyl groups is 1. The Kier molecular flexibility index (Phi) is 4.85. The van der Waals surface area contributed by atoms with Crippen molar-refractivity contribution in [1.82, 2.24) is 0 Å². The maximum Gasteiger partial charge on any atom is 0.471 e. The number of hydrogen-bond donors (Lipinski definition) is 2. The third-order valence-corrected chi connectivity index (χ3v) is 3.64. The van der Waals surface area contributed by atoms with E-state index in [0.29, 0.717) is 0 Å². The average molecular weight is 405 g/mol. The van der Waals surface area contributed by atoms with E-state index in [0.717, 1.165) is 23.5 Å². The number of anilines is 1. The van der Waals surface area contributed by atoms with Crippen LogP contribution in [0, 0.1) is 0 Å². The molecule has 0 radical (unpaired) electrons. The number of nitrogens with one attached hydrogen (secondary N) is 1. The zero-order valence-electron chi connectivity index (χ0n) is 12.7. The van der Waals surface area contributed by atoms with Gasteiger partial charge in [-0.05, 0) is 5.39 Å². The third kappa shape index (κ3) is 3.53. The Morgan fingerprint density at radius 2 is 1.33 bits per heavy atom. The molecule has 3 nitrogen and oxygen atoms in total. The maximum absolute atomic E-state index is 13.1. The minimum Gasteiger partial charge on any atom is -0.369 e. The van der Waals surface area contributed by atoms with Gasteiger partial charge in [0, 0.05) is 10.9 Å². The van der Waals surface area contributed by atoms with E-state index in [1.807, 2.05) is 0 Å². The smallest absolute Gasteiger partial charge is 0.369 e. The van der Waals surface area contributed by atoms with Crippen molar-refractivity contribution in [2.75, 3.05) is 5.32 Å². The van der Waals surface area contributed by atoms with Crippen LogP contribution in [0.5, 0.6) is 0 Å². The van der Waals surface area contributed by atoms with Crippen LogP contribution in [0.25, 0.3) is 10.8 Å². The van der Waals surface area contributed by atoms with Crippen molar-refractivity contribution in [3.8, 4) is 0 Å². The largest absolute Gasteiger partial charge is 0.471 e. The number of carbonyl (C=O) groups is 1. The van der Waals surface area contributed by atoms with E-state index in [-0.39, 0.29) is 11.5 Å². The predicted molar refractivity (Wildman–Crippen MR) is 74.6 cm³/mol. The summed E-state index contributed by atoms with van der Waals surface area (Å²) in [4.78, 5) is 11.2. The van der Waals surface area contributed by atoms with E-state index in [9.17, 15) is 49.4 Å². The zero-order valence-corrected chi connectivity index (χ0v) is 12.7. The van der Waals surface area contributed by atoms with E-state index in [1.54, 1.807) is 0 Å². The first-order chi connectivity index (χ1) is 12.1. The highest BCUT2D eigenvalue weighted by Gasteiger charge is 2.72. The normalized spacial score (nSPS) is 13.7. The number of amides is 1. The first kappa shape index (κ1) is 20.8. The summed E-state index contributed by atoms with van der Waals surface area (Å²) in [5.41, 5.74) is -8.95. The van der Waals surface area contributed by atoms with Crippen molar-refractivity contribution < 1.29 is 49.4 Å². The van der Waals surface area contributed by atoms with E-state index in [4.69, 9.17) is 0 Å². The SMILES string of the molecule is O=C(Nc1c(C(O)(C(F)(F)F)C(F)(F)F)ccc2ccccc12)C(F)(F)F. The molecule has 0 aliphatic carbocycles. The number of hydrogen-bond acceptors (Lipinski definition) is 2. The summed E-state index contributed by atoms with van der Waals surface area (Å²) in [5, 5.41) is 9.93. The summed E-state index contributed by atoms with van der Waals surface area (Å²) >= 11 is 0. The first-order valence-electron chi connectivity index (χ1n) is 6.87. The number of rotatable bonds is 2. The molecule has 2 aromatic rings. The van der Waals surface area contributed by atoms with Crippen LogP contribution in [-0.4, -0.2) is 29.5 Å². The van der Waals surface area contributed by atoms with E-state index in [2.05, 4.69) is 0 Å². The summed E-state index contributed by atoms with van der Waals surface area (Å²) in [7, 11) is 0. The van der Waals surface area contributed by atoms with Crippen LogP contribution < -0.4 is 5.32 Å². The molecule has 27 heavy (non-hydrogen) atoms. The molecule has 1 amide bonds. The molecule has 2 aromatic carbocycles. The predicted octanol–water partition coefficient (Wildman–Crippen LogP) is 4.65. The molecule has 0 bridgehead atoms. The Morgan fingerprint density at radius 1 is 0.815 bits per heavy atom. The second kappa shape index (κ2) is 6.29. The highest BCUT2D eigenvalue weighted by molar-refractivity contribution is 6.05. The number of benzene rings is 2. The fraction of sp³-hybridized carbons (Fsp3) is 0.267. The molecule has 0 fully saturated rings. The van der Waals surface area contributed by atoms with Gasteiger partial charge in [-0.2, -0.15) is 39.5 Å². The van der Waals surface area contributed by atoms with Gasteiger partial charge in [0.1, 0.15) is 0 Å². The van der Waals surface area contributed by atoms with Crippen LogP contribution in [0.2, 0.25) is 0 Å². The summed E-state index contributed by atoms with van der Waals surface area (Å²) < 4.78 is 116. The molecular weight excluding hydrogens is 397 g/mol. The lowest BCUT2D eigenvalue weighted by Gasteiger charge is -2.34. The lowest BCUT2D eigenvalue weighted by atomic mass is 9.88. The Morgan fingerprint density at radius 3 is 1.81 bits per heavy atom. The number of alkyl halides is 9. The van der Waals surface area contributed by atoms with Crippen LogP contribution >= 0.6 is 0 Å². The molecule has 148 valence electrons. The molecule has 2 rings (SSSR count). The number of halogens is 9. The zero-order chi connectivity index (χ0) is 20.8. The van der Waals surface area contributed by atoms with Gasteiger partial charge in [0.05, 0.1) is 5.69 Å². The van der Waals surface area contributed by atoms with E-state index in [1.165, 1.54) is 12.1 Å². The van der Waals surface area contributed by atoms with Gasteiger partial charge >= 0.3 is 24.4 Å². The minimum absolute atomic E-state index is 0.0644. The first-order valence-corrected chi connectivity index (χ1v) is 6.87. The number of fused-ring (bicyclic) bond motifs is 1. The van der Waals surface area contributed by atoms with Crippen molar-refractivity contribution in [1.29, 1.82) is 0 Å². The molecule has 0 heterocycles. The van der Waals surface area contributed by atoms with Crippen molar-refractivity contribution in [2.24, 2.45) is 0 Å². The van der Waals surface area contributed by atoms with Crippen molar-refractivity contribution in [3.63, 3.8) is 0 Å². The minimum atomic E-state index is -6.34. The Bertz CT molecular complexity index is 854. The quantitative estimate of drug-likeness (QED) is 0.715. The Balaban J connectivity index is 2.87. The van der Waals surface area contributed by atoms with E-state index >= 15 is 0 Å². The van der Waals surface area contributed by atoms with Crippen LogP contribution in [0.1, 0.15) is 5.56 Å². The van der Waals surface area contributed by atoms with Gasteiger partial charge in [0.25, 0.3) is 5.60 Å². The van der Waals surface area contributed by atoms with Gasteiger partial charge in [-0.1, -0.05) is 36.4 Å². The highest BCUT2D eigenvalue weighted by Crippen LogP contribution is 2.53. The van der Waals surface area contributed by atoms with Crippen LogP contribution in [0.3, 0.4) is 0 Å². The number of carbonyl (C=O) groups excluding carboxylic acids is 1. The van der Waals surface area contributed by atoms with Gasteiger partial charge in [0.15, 0.2) is 0 Å². The molecule has 0 unspecified atom stereocenters. The summed E-state index contributed by atoms with van der Waals surface area (Å²) in [5.74, 6) is -2.80. The molecule has 0 atom stereocenters. The second-order valence-electron chi connectivity index (χ2n) is 5.37. The average Bonchev–Trinajstić information content (AvgIpc) is 2.51. The fourth-order valence-corrected chi connectivity index (χ4v) is 2.36. The van der Waals surface area contributed by atoms with E-state index < -0.39 is 46.7 Å². The van der Waals surface area contributed by atoms with Gasteiger partial charge in [-0.25, -0.2) is 0 Å². The lowest BCUT2D eigenvalue weighted by molar-refractivity contribution is -0.375. The summed E-state index contributed by atoms with van der Waals surface area (Å²) in [6.07, 6.45) is -18.3. The second-order valence-corrected chi connectivity index (χ2v) is 5.37. The van der Waals surface area contributed by atoms with Gasteiger partial charge in [-0.3, -0.25) is 4.79 Å². The van der Waals surface area contributed by atoms with Crippen LogP contribution in [0.15, 0.2) is 36.4 Å². The summed E-state index contributed by atoms with van der Waals surface area (Å²) in [6, 6.07) is 5.43. The molecule has 0 aromatic heterocycles. The van der Waals surface area contributed by atoms with Crippen molar-refractivity contribution >= 4 is 22.4 Å². The Hall–Kier alpha value is -2.50. The maximum atomic E-state index is 13.1. The van der Waals surface area contributed by atoms with Gasteiger partial charge < -0.3 is 10.4 Å².